The van der Waals surface area contributed by atoms with Crippen LogP contribution in [0.15, 0.2) is 29.2 Å². The normalized spacial score (nSPS) is 11.4. The lowest BCUT2D eigenvalue weighted by Gasteiger charge is -2.22. The van der Waals surface area contributed by atoms with Crippen LogP contribution in [0.25, 0.3) is 0 Å². The first kappa shape index (κ1) is 20.1. The van der Waals surface area contributed by atoms with Gasteiger partial charge in [-0.2, -0.15) is 0 Å². The molecule has 0 aliphatic heterocycles. The fraction of sp³-hybridized carbons (Fsp3) is 0.500. The molecule has 0 atom stereocenters. The lowest BCUT2D eigenvalue weighted by atomic mass is 10.3. The molecular formula is C16H25N3O4S. The number of amides is 2. The van der Waals surface area contributed by atoms with Crippen LogP contribution in [0.2, 0.25) is 0 Å². The van der Waals surface area contributed by atoms with Crippen molar-refractivity contribution in [3.63, 3.8) is 0 Å². The number of sulfone groups is 1. The van der Waals surface area contributed by atoms with Crippen LogP contribution < -0.4 is 5.32 Å². The molecule has 0 aromatic heterocycles. The highest BCUT2D eigenvalue weighted by molar-refractivity contribution is 7.90. The summed E-state index contributed by atoms with van der Waals surface area (Å²) in [6, 6.07) is 5.96. The first-order chi connectivity index (χ1) is 11.2. The number of carbonyl (C=O) groups excluding carboxylic acids is 2. The van der Waals surface area contributed by atoms with E-state index in [9.17, 15) is 18.0 Å². The van der Waals surface area contributed by atoms with Gasteiger partial charge in [0.2, 0.25) is 11.8 Å². The summed E-state index contributed by atoms with van der Waals surface area (Å²) >= 11 is 0. The number of hydrogen-bond acceptors (Lipinski definition) is 5. The van der Waals surface area contributed by atoms with E-state index in [1.165, 1.54) is 24.3 Å². The number of nitrogens with zero attached hydrogens (tertiary/aromatic N) is 2. The zero-order valence-corrected chi connectivity index (χ0v) is 15.4. The SMILES string of the molecule is CCN(CC)C(=O)CN(C)CC(=O)Nc1ccc(S(C)(=O)=O)cc1. The molecule has 24 heavy (non-hydrogen) atoms. The number of anilines is 1. The van der Waals surface area contributed by atoms with E-state index in [0.717, 1.165) is 6.26 Å². The van der Waals surface area contributed by atoms with E-state index < -0.39 is 9.84 Å². The van der Waals surface area contributed by atoms with Crippen molar-refractivity contribution in [2.75, 3.05) is 44.8 Å². The predicted octanol–water partition coefficient (Wildman–Crippen LogP) is 0.829. The fourth-order valence-electron chi connectivity index (χ4n) is 2.19. The maximum atomic E-state index is 12.0. The summed E-state index contributed by atoms with van der Waals surface area (Å²) in [6.45, 7) is 5.34. The molecule has 0 spiro atoms. The second kappa shape index (κ2) is 8.79. The van der Waals surface area contributed by atoms with Gasteiger partial charge >= 0.3 is 0 Å². The molecular weight excluding hydrogens is 330 g/mol. The summed E-state index contributed by atoms with van der Waals surface area (Å²) in [5.74, 6) is -0.287. The lowest BCUT2D eigenvalue weighted by molar-refractivity contribution is -0.132. The van der Waals surface area contributed by atoms with Crippen LogP contribution in [0.4, 0.5) is 5.69 Å². The molecule has 0 radical (unpaired) electrons. The molecule has 7 nitrogen and oxygen atoms in total. The Morgan fingerprint density at radius 3 is 2.04 bits per heavy atom. The molecule has 0 bridgehead atoms. The standard InChI is InChI=1S/C16H25N3O4S/c1-5-19(6-2)16(21)12-18(3)11-15(20)17-13-7-9-14(10-8-13)24(4,22)23/h7-10H,5-6,11-12H2,1-4H3,(H,17,20). The van der Waals surface area contributed by atoms with E-state index in [1.54, 1.807) is 16.8 Å². The van der Waals surface area contributed by atoms with Crippen LogP contribution in [-0.4, -0.2) is 69.5 Å². The van der Waals surface area contributed by atoms with Crippen molar-refractivity contribution in [2.24, 2.45) is 0 Å². The molecule has 0 saturated heterocycles. The summed E-state index contributed by atoms with van der Waals surface area (Å²) in [5.41, 5.74) is 0.510. The average Bonchev–Trinajstić information content (AvgIpc) is 2.47. The second-order valence-electron chi connectivity index (χ2n) is 5.58. The molecule has 0 heterocycles. The third kappa shape index (κ3) is 6.29. The smallest absolute Gasteiger partial charge is 0.238 e. The maximum absolute atomic E-state index is 12.0. The van der Waals surface area contributed by atoms with Crippen LogP contribution in [-0.2, 0) is 19.4 Å². The fourth-order valence-corrected chi connectivity index (χ4v) is 2.82. The first-order valence-electron chi connectivity index (χ1n) is 7.73. The number of nitrogens with one attached hydrogen (secondary N) is 1. The van der Waals surface area contributed by atoms with E-state index in [1.807, 2.05) is 13.8 Å². The molecule has 1 aromatic carbocycles. The molecule has 1 aromatic rings. The lowest BCUT2D eigenvalue weighted by Crippen LogP contribution is -2.41. The largest absolute Gasteiger partial charge is 0.342 e. The monoisotopic (exact) mass is 355 g/mol. The van der Waals surface area contributed by atoms with Crippen molar-refractivity contribution in [3.05, 3.63) is 24.3 Å². The van der Waals surface area contributed by atoms with Gasteiger partial charge in [-0.3, -0.25) is 14.5 Å². The maximum Gasteiger partial charge on any atom is 0.238 e. The zero-order valence-electron chi connectivity index (χ0n) is 14.6. The minimum absolute atomic E-state index is 0.0206. The van der Waals surface area contributed by atoms with Crippen molar-refractivity contribution in [1.82, 2.24) is 9.80 Å². The Balaban J connectivity index is 2.55. The van der Waals surface area contributed by atoms with Crippen molar-refractivity contribution in [1.29, 1.82) is 0 Å². The van der Waals surface area contributed by atoms with Gasteiger partial charge in [0.05, 0.1) is 18.0 Å². The molecule has 0 saturated carbocycles. The van der Waals surface area contributed by atoms with Crippen molar-refractivity contribution in [2.45, 2.75) is 18.7 Å². The van der Waals surface area contributed by atoms with Gasteiger partial charge in [-0.15, -0.1) is 0 Å². The summed E-state index contributed by atoms with van der Waals surface area (Å²) in [4.78, 5) is 27.5. The zero-order chi connectivity index (χ0) is 18.3. The van der Waals surface area contributed by atoms with Gasteiger partial charge in [0.25, 0.3) is 0 Å². The second-order valence-corrected chi connectivity index (χ2v) is 7.60. The van der Waals surface area contributed by atoms with Crippen LogP contribution in [0, 0.1) is 0 Å². The quantitative estimate of drug-likeness (QED) is 0.746. The highest BCUT2D eigenvalue weighted by Crippen LogP contribution is 2.13. The summed E-state index contributed by atoms with van der Waals surface area (Å²) in [6.07, 6.45) is 1.13. The van der Waals surface area contributed by atoms with Gasteiger partial charge in [0, 0.05) is 25.0 Å². The van der Waals surface area contributed by atoms with Gasteiger partial charge in [-0.25, -0.2) is 8.42 Å². The van der Waals surface area contributed by atoms with Crippen LogP contribution in [0.5, 0.6) is 0 Å². The molecule has 2 amide bonds. The highest BCUT2D eigenvalue weighted by atomic mass is 32.2. The van der Waals surface area contributed by atoms with E-state index in [-0.39, 0.29) is 29.8 Å². The molecule has 8 heteroatoms. The molecule has 0 unspecified atom stereocenters. The Morgan fingerprint density at radius 2 is 1.58 bits per heavy atom. The summed E-state index contributed by atoms with van der Waals surface area (Å²) in [7, 11) is -1.55. The third-order valence-corrected chi connectivity index (χ3v) is 4.63. The molecule has 0 aliphatic carbocycles. The number of benzene rings is 1. The Kier molecular flexibility index (Phi) is 7.37. The van der Waals surface area contributed by atoms with Gasteiger partial charge in [0.1, 0.15) is 0 Å². The van der Waals surface area contributed by atoms with Gasteiger partial charge in [-0.1, -0.05) is 0 Å². The van der Waals surface area contributed by atoms with Gasteiger partial charge in [0.15, 0.2) is 9.84 Å². The topological polar surface area (TPSA) is 86.8 Å². The van der Waals surface area contributed by atoms with E-state index in [0.29, 0.717) is 18.8 Å². The van der Waals surface area contributed by atoms with E-state index >= 15 is 0 Å². The molecule has 1 N–H and O–H groups in total. The summed E-state index contributed by atoms with van der Waals surface area (Å²) in [5, 5.41) is 2.68. The van der Waals surface area contributed by atoms with E-state index in [4.69, 9.17) is 0 Å². The Morgan fingerprint density at radius 1 is 1.04 bits per heavy atom. The Bertz CT molecular complexity index is 667. The number of rotatable bonds is 8. The van der Waals surface area contributed by atoms with Gasteiger partial charge in [-0.05, 0) is 45.2 Å². The number of carbonyl (C=O) groups is 2. The molecule has 1 rings (SSSR count). The minimum Gasteiger partial charge on any atom is -0.342 e. The van der Waals surface area contributed by atoms with E-state index in [2.05, 4.69) is 5.32 Å². The predicted molar refractivity (Wildman–Crippen MR) is 93.6 cm³/mol. The van der Waals surface area contributed by atoms with Gasteiger partial charge < -0.3 is 10.2 Å². The highest BCUT2D eigenvalue weighted by Gasteiger charge is 2.15. The summed E-state index contributed by atoms with van der Waals surface area (Å²) < 4.78 is 22.8. The average molecular weight is 355 g/mol. The van der Waals surface area contributed by atoms with Crippen molar-refractivity contribution in [3.8, 4) is 0 Å². The molecule has 134 valence electrons. The van der Waals surface area contributed by atoms with Crippen LogP contribution in [0.3, 0.4) is 0 Å². The molecule has 0 fully saturated rings. The van der Waals surface area contributed by atoms with Crippen molar-refractivity contribution < 1.29 is 18.0 Å². The van der Waals surface area contributed by atoms with Crippen molar-refractivity contribution >= 4 is 27.3 Å². The molecule has 0 aliphatic rings. The first-order valence-corrected chi connectivity index (χ1v) is 9.62. The van der Waals surface area contributed by atoms with Crippen LogP contribution in [0.1, 0.15) is 13.8 Å². The van der Waals surface area contributed by atoms with Crippen LogP contribution >= 0.6 is 0 Å². The minimum atomic E-state index is -3.26. The Labute approximate surface area is 143 Å². The number of likely N-dealkylation sites (N-methyl/N-ethyl adjacent to an activating group) is 2. The third-order valence-electron chi connectivity index (χ3n) is 3.50. The Hall–Kier alpha value is -1.93. The number of hydrogen-bond donors (Lipinski definition) is 1.